The lowest BCUT2D eigenvalue weighted by Crippen LogP contribution is -2.20. The molecule has 0 atom stereocenters. The van der Waals surface area contributed by atoms with E-state index in [1.54, 1.807) is 19.1 Å². The molecule has 3 rings (SSSR count). The average molecular weight is 478 g/mol. The van der Waals surface area contributed by atoms with Crippen LogP contribution < -0.4 is 10.1 Å². The van der Waals surface area contributed by atoms with Crippen molar-refractivity contribution in [3.8, 4) is 11.4 Å². The maximum absolute atomic E-state index is 13.1. The smallest absolute Gasteiger partial charge is 0.331 e. The summed E-state index contributed by atoms with van der Waals surface area (Å²) in [5, 5.41) is 7.44. The summed E-state index contributed by atoms with van der Waals surface area (Å²) in [6, 6.07) is 10.4. The lowest BCUT2D eigenvalue weighted by atomic mass is 10.2. The first kappa shape index (κ1) is 23.3. The van der Waals surface area contributed by atoms with Crippen LogP contribution in [0.25, 0.3) is 11.8 Å². The number of aryl methyl sites for hydroxylation is 1. The fraction of sp³-hybridized carbons (Fsp3) is 0.136. The van der Waals surface area contributed by atoms with E-state index in [4.69, 9.17) is 32.7 Å². The van der Waals surface area contributed by atoms with Crippen LogP contribution >= 0.6 is 23.2 Å². The summed E-state index contributed by atoms with van der Waals surface area (Å²) in [4.78, 5) is 24.0. The van der Waals surface area contributed by atoms with Crippen molar-refractivity contribution in [3.05, 3.63) is 75.8 Å². The van der Waals surface area contributed by atoms with Gasteiger partial charge in [0.15, 0.2) is 6.61 Å². The summed E-state index contributed by atoms with van der Waals surface area (Å²) in [6.45, 7) is 1.22. The molecule has 1 N–H and O–H groups in total. The number of hydrogen-bond acceptors (Lipinski definition) is 5. The van der Waals surface area contributed by atoms with Crippen LogP contribution in [0.1, 0.15) is 11.3 Å². The molecule has 0 aliphatic heterocycles. The highest BCUT2D eigenvalue weighted by Gasteiger charge is 2.14. The zero-order chi connectivity index (χ0) is 23.3. The van der Waals surface area contributed by atoms with E-state index in [1.165, 1.54) is 48.2 Å². The standard InChI is InChI=1S/C22H18Cl2FN3O4/c1-13-17(22(24)28(27-13)16-6-3-14(25)4-7-16)8-10-21(30)32-12-20(29)26-15-5-9-19(31-2)18(23)11-15/h3-11H,12H2,1-2H3,(H,26,29)/b10-8+. The number of methoxy groups -OCH3 is 1. The Kier molecular flexibility index (Phi) is 7.50. The van der Waals surface area contributed by atoms with E-state index >= 15 is 0 Å². The third kappa shape index (κ3) is 5.66. The van der Waals surface area contributed by atoms with Crippen molar-refractivity contribution in [2.75, 3.05) is 19.0 Å². The number of esters is 1. The van der Waals surface area contributed by atoms with Gasteiger partial charge in [0.1, 0.15) is 16.7 Å². The van der Waals surface area contributed by atoms with Gasteiger partial charge in [-0.15, -0.1) is 0 Å². The number of carbonyl (C=O) groups excluding carboxylic acids is 2. The number of anilines is 1. The van der Waals surface area contributed by atoms with E-state index in [0.717, 1.165) is 6.08 Å². The number of nitrogens with zero attached hydrogens (tertiary/aromatic N) is 2. The molecular formula is C22H18Cl2FN3O4. The molecule has 1 heterocycles. The van der Waals surface area contributed by atoms with Crippen molar-refractivity contribution in [2.45, 2.75) is 6.92 Å². The van der Waals surface area contributed by atoms with Crippen molar-refractivity contribution in [2.24, 2.45) is 0 Å². The first-order valence-electron chi connectivity index (χ1n) is 9.27. The molecule has 0 bridgehead atoms. The second kappa shape index (κ2) is 10.3. The number of hydrogen-bond donors (Lipinski definition) is 1. The number of rotatable bonds is 7. The SMILES string of the molecule is COc1ccc(NC(=O)COC(=O)/C=C/c2c(C)nn(-c3ccc(F)cc3)c2Cl)cc1Cl. The lowest BCUT2D eigenvalue weighted by Gasteiger charge is -2.08. The van der Waals surface area contributed by atoms with Gasteiger partial charge >= 0.3 is 5.97 Å². The molecule has 7 nitrogen and oxygen atoms in total. The van der Waals surface area contributed by atoms with E-state index in [-0.39, 0.29) is 11.0 Å². The Morgan fingerprint density at radius 2 is 1.91 bits per heavy atom. The Morgan fingerprint density at radius 1 is 1.19 bits per heavy atom. The first-order chi connectivity index (χ1) is 15.3. The summed E-state index contributed by atoms with van der Waals surface area (Å²) in [7, 11) is 1.48. The minimum absolute atomic E-state index is 0.243. The van der Waals surface area contributed by atoms with Crippen molar-refractivity contribution in [3.63, 3.8) is 0 Å². The highest BCUT2D eigenvalue weighted by Crippen LogP contribution is 2.27. The van der Waals surface area contributed by atoms with Gasteiger partial charge in [-0.1, -0.05) is 23.2 Å². The highest BCUT2D eigenvalue weighted by atomic mass is 35.5. The Labute approximate surface area is 193 Å². The molecule has 0 unspecified atom stereocenters. The van der Waals surface area contributed by atoms with Crippen LogP contribution in [0.2, 0.25) is 10.2 Å². The van der Waals surface area contributed by atoms with Crippen LogP contribution in [0.15, 0.2) is 48.5 Å². The van der Waals surface area contributed by atoms with Gasteiger partial charge in [-0.25, -0.2) is 13.9 Å². The number of carbonyl (C=O) groups is 2. The van der Waals surface area contributed by atoms with Crippen molar-refractivity contribution < 1.29 is 23.5 Å². The quantitative estimate of drug-likeness (QED) is 0.389. The monoisotopic (exact) mass is 477 g/mol. The normalized spacial score (nSPS) is 10.9. The van der Waals surface area contributed by atoms with Crippen LogP contribution in [0.5, 0.6) is 5.75 Å². The molecule has 32 heavy (non-hydrogen) atoms. The third-order valence-corrected chi connectivity index (χ3v) is 4.95. The fourth-order valence-electron chi connectivity index (χ4n) is 2.73. The van der Waals surface area contributed by atoms with Crippen LogP contribution in [0.3, 0.4) is 0 Å². The molecule has 0 saturated carbocycles. The van der Waals surface area contributed by atoms with E-state index < -0.39 is 18.5 Å². The summed E-state index contributed by atoms with van der Waals surface area (Å²) in [5.74, 6) is -1.18. The molecule has 0 aliphatic rings. The lowest BCUT2D eigenvalue weighted by molar-refractivity contribution is -0.142. The molecule has 0 spiro atoms. The zero-order valence-corrected chi connectivity index (χ0v) is 18.6. The molecule has 0 radical (unpaired) electrons. The fourth-order valence-corrected chi connectivity index (χ4v) is 3.32. The van der Waals surface area contributed by atoms with Crippen LogP contribution in [0.4, 0.5) is 10.1 Å². The van der Waals surface area contributed by atoms with Crippen LogP contribution in [-0.4, -0.2) is 35.4 Å². The van der Waals surface area contributed by atoms with Gasteiger partial charge in [-0.05, 0) is 55.5 Å². The minimum atomic E-state index is -0.738. The van der Waals surface area contributed by atoms with Gasteiger partial charge < -0.3 is 14.8 Å². The van der Waals surface area contributed by atoms with E-state index in [2.05, 4.69) is 10.4 Å². The van der Waals surface area contributed by atoms with Crippen molar-refractivity contribution in [1.29, 1.82) is 0 Å². The van der Waals surface area contributed by atoms with Crippen LogP contribution in [0, 0.1) is 12.7 Å². The number of amides is 1. The van der Waals surface area contributed by atoms with E-state index in [9.17, 15) is 14.0 Å². The van der Waals surface area contributed by atoms with Crippen LogP contribution in [-0.2, 0) is 14.3 Å². The molecule has 166 valence electrons. The maximum Gasteiger partial charge on any atom is 0.331 e. The van der Waals surface area contributed by atoms with Gasteiger partial charge in [-0.3, -0.25) is 4.79 Å². The number of nitrogens with one attached hydrogen (secondary N) is 1. The van der Waals surface area contributed by atoms with Gasteiger partial charge in [-0.2, -0.15) is 5.10 Å². The number of benzene rings is 2. The number of aromatic nitrogens is 2. The summed E-state index contributed by atoms with van der Waals surface area (Å²) < 4.78 is 24.6. The van der Waals surface area contributed by atoms with Gasteiger partial charge in [0, 0.05) is 17.3 Å². The topological polar surface area (TPSA) is 82.4 Å². The molecule has 0 saturated heterocycles. The summed E-state index contributed by atoms with van der Waals surface area (Å²) >= 11 is 12.4. The van der Waals surface area contributed by atoms with Crippen molar-refractivity contribution in [1.82, 2.24) is 9.78 Å². The Morgan fingerprint density at radius 3 is 2.56 bits per heavy atom. The van der Waals surface area contributed by atoms with E-state index in [0.29, 0.717) is 33.4 Å². The number of ether oxygens (including phenoxy) is 2. The summed E-state index contributed by atoms with van der Waals surface area (Å²) in [5.41, 5.74) is 2.04. The maximum atomic E-state index is 13.1. The third-order valence-electron chi connectivity index (χ3n) is 4.29. The van der Waals surface area contributed by atoms with Gasteiger partial charge in [0.2, 0.25) is 0 Å². The minimum Gasteiger partial charge on any atom is -0.495 e. The molecule has 3 aromatic rings. The van der Waals surface area contributed by atoms with Gasteiger partial charge in [0.05, 0.1) is 23.5 Å². The van der Waals surface area contributed by atoms with Crippen molar-refractivity contribution >= 4 is 46.8 Å². The predicted molar refractivity (Wildman–Crippen MR) is 120 cm³/mol. The van der Waals surface area contributed by atoms with E-state index in [1.807, 2.05) is 0 Å². The Bertz CT molecular complexity index is 1180. The molecule has 1 aromatic heterocycles. The molecule has 1 amide bonds. The highest BCUT2D eigenvalue weighted by molar-refractivity contribution is 6.32. The zero-order valence-electron chi connectivity index (χ0n) is 17.1. The molecular weight excluding hydrogens is 460 g/mol. The molecule has 10 heteroatoms. The largest absolute Gasteiger partial charge is 0.495 e. The average Bonchev–Trinajstić information content (AvgIpc) is 3.05. The second-order valence-electron chi connectivity index (χ2n) is 6.52. The predicted octanol–water partition coefficient (Wildman–Crippen LogP) is 4.83. The Balaban J connectivity index is 1.59. The molecule has 0 aliphatic carbocycles. The van der Waals surface area contributed by atoms with Gasteiger partial charge in [0.25, 0.3) is 5.91 Å². The second-order valence-corrected chi connectivity index (χ2v) is 7.28. The first-order valence-corrected chi connectivity index (χ1v) is 10.0. The summed E-state index contributed by atoms with van der Waals surface area (Å²) in [6.07, 6.45) is 2.58. The molecule has 0 fully saturated rings. The Hall–Kier alpha value is -3.36. The molecule has 2 aromatic carbocycles. The number of halogens is 3.